The average Bonchev–Trinajstić information content (AvgIpc) is 2.63. The van der Waals surface area contributed by atoms with Crippen LogP contribution in [-0.2, 0) is 16.6 Å². The van der Waals surface area contributed by atoms with E-state index in [1.165, 1.54) is 37.8 Å². The molecule has 20 heavy (non-hydrogen) atoms. The third-order valence-corrected chi connectivity index (χ3v) is 15.1. The molecule has 2 rings (SSSR count). The van der Waals surface area contributed by atoms with Gasteiger partial charge in [0.25, 0.3) is 0 Å². The number of allylic oxidation sites excluding steroid dienone is 4. The third-order valence-electron chi connectivity index (χ3n) is 6.00. The van der Waals surface area contributed by atoms with E-state index in [2.05, 4.69) is 48.7 Å². The van der Waals surface area contributed by atoms with Gasteiger partial charge in [-0.15, -0.1) is 0 Å². The van der Waals surface area contributed by atoms with Crippen LogP contribution < -0.4 is 0 Å². The van der Waals surface area contributed by atoms with Crippen LogP contribution in [0.15, 0.2) is 22.8 Å². The minimum absolute atomic E-state index is 0.547. The van der Waals surface area contributed by atoms with Gasteiger partial charge in [-0.2, -0.15) is 0 Å². The topological polar surface area (TPSA) is 0 Å². The molecule has 1 atom stereocenters. The van der Waals surface area contributed by atoms with Gasteiger partial charge in [-0.25, -0.2) is 0 Å². The summed E-state index contributed by atoms with van der Waals surface area (Å²) in [6.45, 7) is 10.1. The first-order valence-electron chi connectivity index (χ1n) is 8.55. The van der Waals surface area contributed by atoms with E-state index in [9.17, 15) is 0 Å². The van der Waals surface area contributed by atoms with Crippen LogP contribution in [0.1, 0.15) is 39.5 Å². The van der Waals surface area contributed by atoms with Crippen molar-refractivity contribution in [2.45, 2.75) is 84.1 Å². The predicted molar refractivity (Wildman–Crippen MR) is 92.3 cm³/mol. The van der Waals surface area contributed by atoms with Crippen molar-refractivity contribution < 1.29 is 16.6 Å². The normalized spacial score (nSPS) is 27.6. The van der Waals surface area contributed by atoms with Gasteiger partial charge < -0.3 is 0 Å². The Morgan fingerprint density at radius 2 is 1.75 bits per heavy atom. The van der Waals surface area contributed by atoms with Crippen molar-refractivity contribution in [3.05, 3.63) is 22.8 Å². The summed E-state index contributed by atoms with van der Waals surface area (Å²) >= 11 is -1.81. The van der Waals surface area contributed by atoms with Crippen molar-refractivity contribution in [2.24, 2.45) is 0 Å². The first kappa shape index (κ1) is 16.8. The standard InChI is InChI=1S/C15H25Si.3CH3.Ti/c1-5-16(3,4)11-13-10-12(2)14-8-6-7-9-15(13)14;;;;/h10H,5-9,11H2,1-4H3;3*1H3;. The van der Waals surface area contributed by atoms with Crippen LogP contribution in [0.3, 0.4) is 0 Å². The molecule has 0 saturated heterocycles. The fourth-order valence-corrected chi connectivity index (χ4v) is 14.5. The van der Waals surface area contributed by atoms with Crippen LogP contribution in [0, 0.1) is 0 Å². The van der Waals surface area contributed by atoms with Crippen molar-refractivity contribution in [1.29, 1.82) is 0 Å². The maximum atomic E-state index is 2.77. The molecule has 0 bridgehead atoms. The van der Waals surface area contributed by atoms with Gasteiger partial charge in [-0.3, -0.25) is 0 Å². The molecule has 0 aromatic rings. The molecule has 0 amide bonds. The van der Waals surface area contributed by atoms with Crippen LogP contribution in [0.25, 0.3) is 0 Å². The molecule has 2 heteroatoms. The van der Waals surface area contributed by atoms with E-state index < -0.39 is 24.7 Å². The quantitative estimate of drug-likeness (QED) is 0.488. The molecule has 2 aliphatic rings. The summed E-state index contributed by atoms with van der Waals surface area (Å²) < 4.78 is 0.547. The monoisotopic (exact) mass is 326 g/mol. The second kappa shape index (κ2) is 5.56. The molecule has 0 aromatic carbocycles. The van der Waals surface area contributed by atoms with Gasteiger partial charge in [0.1, 0.15) is 0 Å². The second-order valence-electron chi connectivity index (χ2n) is 8.91. The Hall–Kier alpha value is 0.411. The van der Waals surface area contributed by atoms with E-state index in [4.69, 9.17) is 0 Å². The average molecular weight is 326 g/mol. The van der Waals surface area contributed by atoms with E-state index in [1.807, 2.05) is 5.57 Å². The van der Waals surface area contributed by atoms with Gasteiger partial charge in [-0.05, 0) is 0 Å². The summed E-state index contributed by atoms with van der Waals surface area (Å²) in [7, 11) is -1.06. The van der Waals surface area contributed by atoms with Crippen LogP contribution in [0.2, 0.25) is 44.6 Å². The van der Waals surface area contributed by atoms with E-state index in [-0.39, 0.29) is 0 Å². The number of hydrogen-bond donors (Lipinski definition) is 0. The molecule has 0 radical (unpaired) electrons. The third kappa shape index (κ3) is 2.83. The number of hydrogen-bond acceptors (Lipinski definition) is 0. The molecule has 114 valence electrons. The molecule has 0 fully saturated rings. The molecule has 0 heterocycles. The van der Waals surface area contributed by atoms with Gasteiger partial charge in [0.15, 0.2) is 0 Å². The molecular weight excluding hydrogens is 292 g/mol. The first-order valence-corrected chi connectivity index (χ1v) is 17.4. The summed E-state index contributed by atoms with van der Waals surface area (Å²) in [5.74, 6) is 0. The Kier molecular flexibility index (Phi) is 4.66. The van der Waals surface area contributed by atoms with Gasteiger partial charge in [0.2, 0.25) is 0 Å². The first-order chi connectivity index (χ1) is 9.13. The zero-order valence-electron chi connectivity index (χ0n) is 14.8. The van der Waals surface area contributed by atoms with E-state index in [0.29, 0.717) is 3.72 Å². The van der Waals surface area contributed by atoms with Crippen molar-refractivity contribution in [3.63, 3.8) is 0 Å². The zero-order valence-corrected chi connectivity index (χ0v) is 17.4. The van der Waals surface area contributed by atoms with Gasteiger partial charge in [-0.1, -0.05) is 0 Å². The van der Waals surface area contributed by atoms with E-state index in [0.717, 1.165) is 0 Å². The SMILES string of the molecule is CC[Si](C)(C)C[C]1([Ti]([CH3])([CH3])[CH3])C=C(C)C2=C1CCCC2. The molecular formula is C18H34SiTi. The Morgan fingerprint density at radius 3 is 2.30 bits per heavy atom. The van der Waals surface area contributed by atoms with Crippen molar-refractivity contribution in [1.82, 2.24) is 0 Å². The summed E-state index contributed by atoms with van der Waals surface area (Å²) in [6, 6.07) is 2.96. The Bertz CT molecular complexity index is 451. The summed E-state index contributed by atoms with van der Waals surface area (Å²) in [6.07, 6.45) is 8.40. The zero-order chi connectivity index (χ0) is 15.2. The fraction of sp³-hybridized carbons (Fsp3) is 0.778. The minimum atomic E-state index is -1.81. The van der Waals surface area contributed by atoms with Gasteiger partial charge in [0.05, 0.1) is 0 Å². The number of rotatable bonds is 4. The van der Waals surface area contributed by atoms with E-state index >= 15 is 0 Å². The predicted octanol–water partition coefficient (Wildman–Crippen LogP) is 7.00. The Labute approximate surface area is 131 Å². The molecule has 0 aromatic heterocycles. The Balaban J connectivity index is 2.52. The van der Waals surface area contributed by atoms with Crippen molar-refractivity contribution in [2.75, 3.05) is 0 Å². The fourth-order valence-electron chi connectivity index (χ4n) is 4.35. The molecule has 0 nitrogen and oxygen atoms in total. The summed E-state index contributed by atoms with van der Waals surface area (Å²) in [5, 5.41) is 7.98. The van der Waals surface area contributed by atoms with Crippen molar-refractivity contribution in [3.8, 4) is 0 Å². The second-order valence-corrected chi connectivity index (χ2v) is 22.7. The molecule has 1 unspecified atom stereocenters. The van der Waals surface area contributed by atoms with Gasteiger partial charge in [0, 0.05) is 0 Å². The summed E-state index contributed by atoms with van der Waals surface area (Å²) in [4.78, 5) is 0. The van der Waals surface area contributed by atoms with Crippen molar-refractivity contribution >= 4 is 8.07 Å². The van der Waals surface area contributed by atoms with Crippen LogP contribution in [0.4, 0.5) is 0 Å². The Morgan fingerprint density at radius 1 is 1.15 bits per heavy atom. The van der Waals surface area contributed by atoms with Crippen LogP contribution in [-0.4, -0.2) is 8.07 Å². The van der Waals surface area contributed by atoms with Gasteiger partial charge >= 0.3 is 132 Å². The van der Waals surface area contributed by atoms with E-state index in [1.54, 1.807) is 11.1 Å². The molecule has 2 aliphatic carbocycles. The summed E-state index contributed by atoms with van der Waals surface area (Å²) in [5.41, 5.74) is 5.36. The molecule has 0 spiro atoms. The maximum absolute atomic E-state index is 2.77. The van der Waals surface area contributed by atoms with Crippen LogP contribution in [0.5, 0.6) is 0 Å². The molecule has 0 aliphatic heterocycles. The van der Waals surface area contributed by atoms with Crippen LogP contribution >= 0.6 is 0 Å². The molecule has 0 saturated carbocycles. The molecule has 0 N–H and O–H groups in total.